The lowest BCUT2D eigenvalue weighted by molar-refractivity contribution is -0.145. The maximum Gasteiger partial charge on any atom is 0.451 e. The Bertz CT molecular complexity index is 665. The molecule has 1 unspecified atom stereocenters. The Kier molecular flexibility index (Phi) is 9.52. The minimum atomic E-state index is -1.45. The molecule has 28 heavy (non-hydrogen) atoms. The summed E-state index contributed by atoms with van der Waals surface area (Å²) in [7, 11) is -1.40. The second kappa shape index (κ2) is 10.9. The van der Waals surface area contributed by atoms with Crippen LogP contribution in [0.15, 0.2) is 24.3 Å². The first kappa shape index (κ1) is 24.5. The van der Waals surface area contributed by atoms with Crippen molar-refractivity contribution in [2.45, 2.75) is 37.5 Å². The molecule has 0 saturated carbocycles. The zero-order chi connectivity index (χ0) is 20.0. The largest absolute Gasteiger partial charge is 0.480 e. The number of anilines is 1. The van der Waals surface area contributed by atoms with Crippen molar-refractivity contribution in [2.75, 3.05) is 18.4 Å². The number of hydrogen-bond donors (Lipinski definition) is 5. The number of unbranched alkanes of at least 4 members (excludes halogenated alkanes) is 1. The molecular formula is C17H26BCl2N3O5. The molecule has 8 nitrogen and oxygen atoms in total. The molecule has 1 aromatic carbocycles. The van der Waals surface area contributed by atoms with Crippen LogP contribution >= 0.6 is 24.0 Å². The van der Waals surface area contributed by atoms with Gasteiger partial charge in [0, 0.05) is 29.7 Å². The van der Waals surface area contributed by atoms with Gasteiger partial charge in [-0.3, -0.25) is 4.79 Å². The zero-order valence-corrected chi connectivity index (χ0v) is 17.0. The van der Waals surface area contributed by atoms with Crippen LogP contribution in [0.1, 0.15) is 25.7 Å². The highest BCUT2D eigenvalue weighted by Gasteiger charge is 2.45. The van der Waals surface area contributed by atoms with Crippen molar-refractivity contribution in [3.63, 3.8) is 0 Å². The SMILES string of the molecule is Cl.NC(CCCCB(O)O)(C(=O)O)[C@H]1CCN(C(=O)Nc2ccc(Cl)cc2)C1. The fourth-order valence-electron chi connectivity index (χ4n) is 3.33. The highest BCUT2D eigenvalue weighted by molar-refractivity contribution is 6.40. The minimum Gasteiger partial charge on any atom is -0.480 e. The molecule has 1 fully saturated rings. The Hall–Kier alpha value is -1.52. The van der Waals surface area contributed by atoms with Gasteiger partial charge in [-0.2, -0.15) is 0 Å². The van der Waals surface area contributed by atoms with Crippen molar-refractivity contribution in [2.24, 2.45) is 11.7 Å². The van der Waals surface area contributed by atoms with Crippen molar-refractivity contribution in [3.05, 3.63) is 29.3 Å². The van der Waals surface area contributed by atoms with E-state index >= 15 is 0 Å². The van der Waals surface area contributed by atoms with Crippen LogP contribution in [-0.2, 0) is 4.79 Å². The lowest BCUT2D eigenvalue weighted by Gasteiger charge is -2.31. The van der Waals surface area contributed by atoms with Crippen molar-refractivity contribution >= 4 is 48.8 Å². The van der Waals surface area contributed by atoms with E-state index in [2.05, 4.69) is 5.32 Å². The Morgan fingerprint density at radius 2 is 1.93 bits per heavy atom. The molecule has 1 aromatic rings. The van der Waals surface area contributed by atoms with Crippen LogP contribution in [-0.4, -0.2) is 57.8 Å². The maximum absolute atomic E-state index is 12.4. The first-order chi connectivity index (χ1) is 12.7. The summed E-state index contributed by atoms with van der Waals surface area (Å²) in [5, 5.41) is 30.7. The van der Waals surface area contributed by atoms with Crippen LogP contribution in [0.4, 0.5) is 10.5 Å². The van der Waals surface area contributed by atoms with Crippen molar-refractivity contribution in [3.8, 4) is 0 Å². The number of amides is 2. The summed E-state index contributed by atoms with van der Waals surface area (Å²) in [6.45, 7) is 0.677. The van der Waals surface area contributed by atoms with Gasteiger partial charge in [0.1, 0.15) is 5.54 Å². The van der Waals surface area contributed by atoms with Crippen LogP contribution < -0.4 is 11.1 Å². The monoisotopic (exact) mass is 433 g/mol. The van der Waals surface area contributed by atoms with E-state index in [0.29, 0.717) is 36.5 Å². The number of carboxylic acid groups (broad SMARTS) is 1. The smallest absolute Gasteiger partial charge is 0.451 e. The summed E-state index contributed by atoms with van der Waals surface area (Å²) < 4.78 is 0. The zero-order valence-electron chi connectivity index (χ0n) is 15.4. The second-order valence-corrected chi connectivity index (χ2v) is 7.38. The summed E-state index contributed by atoms with van der Waals surface area (Å²) >= 11 is 5.82. The van der Waals surface area contributed by atoms with E-state index < -0.39 is 18.6 Å². The van der Waals surface area contributed by atoms with Gasteiger partial charge in [-0.05, 0) is 43.4 Å². The number of carbonyl (C=O) groups excluding carboxylic acids is 1. The van der Waals surface area contributed by atoms with Gasteiger partial charge in [0.05, 0.1) is 0 Å². The van der Waals surface area contributed by atoms with Gasteiger partial charge < -0.3 is 31.1 Å². The Morgan fingerprint density at radius 3 is 2.50 bits per heavy atom. The molecule has 0 spiro atoms. The second-order valence-electron chi connectivity index (χ2n) is 6.94. The predicted molar refractivity (Wildman–Crippen MR) is 111 cm³/mol. The fraction of sp³-hybridized carbons (Fsp3) is 0.529. The van der Waals surface area contributed by atoms with Gasteiger partial charge in [-0.25, -0.2) is 4.79 Å². The highest BCUT2D eigenvalue weighted by atomic mass is 35.5. The highest BCUT2D eigenvalue weighted by Crippen LogP contribution is 2.31. The maximum atomic E-state index is 12.4. The molecule has 0 bridgehead atoms. The van der Waals surface area contributed by atoms with E-state index in [9.17, 15) is 14.7 Å². The normalized spacial score (nSPS) is 18.1. The van der Waals surface area contributed by atoms with E-state index in [0.717, 1.165) is 0 Å². The summed E-state index contributed by atoms with van der Waals surface area (Å²) in [4.78, 5) is 25.8. The van der Waals surface area contributed by atoms with Crippen LogP contribution in [0, 0.1) is 5.92 Å². The third-order valence-corrected chi connectivity index (χ3v) is 5.25. The lowest BCUT2D eigenvalue weighted by Crippen LogP contribution is -2.55. The van der Waals surface area contributed by atoms with Crippen molar-refractivity contribution < 1.29 is 24.7 Å². The fourth-order valence-corrected chi connectivity index (χ4v) is 3.46. The molecule has 0 aromatic heterocycles. The van der Waals surface area contributed by atoms with Crippen LogP contribution in [0.3, 0.4) is 0 Å². The van der Waals surface area contributed by atoms with Gasteiger partial charge >= 0.3 is 19.1 Å². The number of nitrogens with two attached hydrogens (primary N) is 1. The molecule has 1 heterocycles. The molecule has 1 aliphatic rings. The van der Waals surface area contributed by atoms with Crippen LogP contribution in [0.2, 0.25) is 11.3 Å². The molecule has 6 N–H and O–H groups in total. The number of carboxylic acids is 1. The Balaban J connectivity index is 0.00000392. The van der Waals surface area contributed by atoms with Gasteiger partial charge in [0.15, 0.2) is 0 Å². The molecular weight excluding hydrogens is 408 g/mol. The number of rotatable bonds is 8. The summed E-state index contributed by atoms with van der Waals surface area (Å²) in [6.07, 6.45) is 1.83. The average molecular weight is 434 g/mol. The number of nitrogens with one attached hydrogen (secondary N) is 1. The van der Waals surface area contributed by atoms with Gasteiger partial charge in [0.25, 0.3) is 0 Å². The number of likely N-dealkylation sites (tertiary alicyclic amines) is 1. The number of carbonyl (C=O) groups is 2. The summed E-state index contributed by atoms with van der Waals surface area (Å²) in [5.41, 5.74) is 5.35. The number of hydrogen-bond acceptors (Lipinski definition) is 5. The van der Waals surface area contributed by atoms with Crippen molar-refractivity contribution in [1.29, 1.82) is 0 Å². The molecule has 2 rings (SSSR count). The minimum absolute atomic E-state index is 0. The summed E-state index contributed by atoms with van der Waals surface area (Å²) in [5.74, 6) is -1.47. The Morgan fingerprint density at radius 1 is 1.29 bits per heavy atom. The van der Waals surface area contributed by atoms with E-state index in [4.69, 9.17) is 27.4 Å². The molecule has 2 amide bonds. The van der Waals surface area contributed by atoms with Gasteiger partial charge in [-0.1, -0.05) is 24.4 Å². The first-order valence-electron chi connectivity index (χ1n) is 8.92. The topological polar surface area (TPSA) is 136 Å². The van der Waals surface area contributed by atoms with E-state index in [-0.39, 0.29) is 43.6 Å². The lowest BCUT2D eigenvalue weighted by atomic mass is 9.77. The number of benzene rings is 1. The Labute approximate surface area is 175 Å². The number of nitrogens with zero attached hydrogens (tertiary/aromatic N) is 1. The molecule has 1 saturated heterocycles. The third kappa shape index (κ3) is 6.53. The number of halogens is 2. The van der Waals surface area contributed by atoms with Gasteiger partial charge in [0.2, 0.25) is 0 Å². The molecule has 0 radical (unpaired) electrons. The molecule has 11 heteroatoms. The molecule has 2 atom stereocenters. The van der Waals surface area contributed by atoms with Gasteiger partial charge in [-0.15, -0.1) is 12.4 Å². The molecule has 0 aliphatic carbocycles. The van der Waals surface area contributed by atoms with Crippen molar-refractivity contribution in [1.82, 2.24) is 4.90 Å². The number of urea groups is 1. The molecule has 1 aliphatic heterocycles. The summed E-state index contributed by atoms with van der Waals surface area (Å²) in [6, 6.07) is 6.41. The number of aliphatic carboxylic acids is 1. The van der Waals surface area contributed by atoms with Crippen LogP contribution in [0.25, 0.3) is 0 Å². The molecule has 156 valence electrons. The standard InChI is InChI=1S/C17H25BClN3O5.ClH/c19-13-3-5-14(6-4-13)21-16(25)22-10-7-12(11-22)17(20,15(23)24)8-1-2-9-18(26)27;/h3-6,12,26-27H,1-2,7-11,20H2,(H,21,25)(H,23,24);1H/t12-,17?;/m0./s1. The van der Waals surface area contributed by atoms with E-state index in [1.54, 1.807) is 29.2 Å². The quantitative estimate of drug-likeness (QED) is 0.314. The van der Waals surface area contributed by atoms with Crippen LogP contribution in [0.5, 0.6) is 0 Å². The van der Waals surface area contributed by atoms with E-state index in [1.165, 1.54) is 0 Å². The average Bonchev–Trinajstić information content (AvgIpc) is 3.11. The first-order valence-corrected chi connectivity index (χ1v) is 9.30. The van der Waals surface area contributed by atoms with E-state index in [1.807, 2.05) is 0 Å². The predicted octanol–water partition coefficient (Wildman–Crippen LogP) is 2.04. The third-order valence-electron chi connectivity index (χ3n) is 5.00.